The van der Waals surface area contributed by atoms with Gasteiger partial charge in [0.25, 0.3) is 0 Å². The maximum atomic E-state index is 12.8. The van der Waals surface area contributed by atoms with E-state index >= 15 is 0 Å². The molecular weight excluding hydrogens is 525 g/mol. The van der Waals surface area contributed by atoms with Gasteiger partial charge in [0.15, 0.2) is 5.79 Å². The monoisotopic (exact) mass is 560 g/mol. The van der Waals surface area contributed by atoms with E-state index < -0.39 is 38.9 Å². The third-order valence-electron chi connectivity index (χ3n) is 10.6. The Labute approximate surface area is 220 Å². The zero-order valence-electron chi connectivity index (χ0n) is 21.3. The van der Waals surface area contributed by atoms with Crippen LogP contribution in [0.2, 0.25) is 0 Å². The van der Waals surface area contributed by atoms with Crippen LogP contribution < -0.4 is 4.18 Å². The molecule has 11 heteroatoms. The Morgan fingerprint density at radius 3 is 2.34 bits per heavy atom. The number of aliphatic hydroxyl groups is 2. The van der Waals surface area contributed by atoms with Crippen LogP contribution in [0.4, 0.5) is 13.2 Å². The standard InChI is InChI=1S/C27H35F3O7S/c1-24-14-19(16-2-4-17(5-3-16)37-38(33,34)27(28,29)30)23-18(20(24)6-7-22(24)31)8-10-25(32)15-26(11-9-21(23)25)35-12-13-36-26/h2-5,18-23,31-32H,6-15H2,1H3/t18-,19+,20-,21+,22-,23+,24-,25+/m0/s1. The van der Waals surface area contributed by atoms with E-state index in [0.29, 0.717) is 50.7 Å². The molecule has 5 fully saturated rings. The van der Waals surface area contributed by atoms with E-state index in [1.54, 1.807) is 12.1 Å². The van der Waals surface area contributed by atoms with E-state index in [2.05, 4.69) is 11.1 Å². The van der Waals surface area contributed by atoms with Crippen LogP contribution in [-0.2, 0) is 19.6 Å². The first-order valence-corrected chi connectivity index (χ1v) is 15.0. The molecule has 38 heavy (non-hydrogen) atoms. The molecule has 2 N–H and O–H groups in total. The first kappa shape index (κ1) is 26.8. The number of hydrogen-bond acceptors (Lipinski definition) is 7. The van der Waals surface area contributed by atoms with Gasteiger partial charge in [-0.2, -0.15) is 21.6 Å². The Morgan fingerprint density at radius 1 is 1.00 bits per heavy atom. The number of fused-ring (bicyclic) bond motifs is 5. The number of benzene rings is 1. The predicted molar refractivity (Wildman–Crippen MR) is 129 cm³/mol. The number of aliphatic hydroxyl groups excluding tert-OH is 1. The van der Waals surface area contributed by atoms with Crippen LogP contribution in [0.15, 0.2) is 24.3 Å². The molecule has 1 spiro atoms. The quantitative estimate of drug-likeness (QED) is 0.415. The molecule has 0 radical (unpaired) electrons. The highest BCUT2D eigenvalue weighted by atomic mass is 32.2. The van der Waals surface area contributed by atoms with E-state index in [1.807, 2.05) is 0 Å². The normalized spacial score (nSPS) is 42.4. The van der Waals surface area contributed by atoms with Crippen molar-refractivity contribution in [3.8, 4) is 5.75 Å². The lowest BCUT2D eigenvalue weighted by molar-refractivity contribution is -0.258. The van der Waals surface area contributed by atoms with Crippen LogP contribution in [0.25, 0.3) is 0 Å². The van der Waals surface area contributed by atoms with Crippen molar-refractivity contribution in [2.75, 3.05) is 13.2 Å². The van der Waals surface area contributed by atoms with E-state index in [4.69, 9.17) is 9.47 Å². The minimum absolute atomic E-state index is 0.00602. The van der Waals surface area contributed by atoms with Crippen molar-refractivity contribution in [1.29, 1.82) is 0 Å². The Balaban J connectivity index is 1.34. The molecule has 212 valence electrons. The van der Waals surface area contributed by atoms with E-state index in [-0.39, 0.29) is 23.2 Å². The summed E-state index contributed by atoms with van der Waals surface area (Å²) < 4.78 is 77.6. The summed E-state index contributed by atoms with van der Waals surface area (Å²) in [6.45, 7) is 3.18. The summed E-state index contributed by atoms with van der Waals surface area (Å²) in [5.41, 5.74) is -5.91. The maximum absolute atomic E-state index is 12.8. The van der Waals surface area contributed by atoms with Gasteiger partial charge in [-0.1, -0.05) is 19.1 Å². The third kappa shape index (κ3) is 4.10. The highest BCUT2D eigenvalue weighted by Crippen LogP contribution is 2.67. The molecule has 1 aromatic carbocycles. The van der Waals surface area contributed by atoms with Gasteiger partial charge in [-0.15, -0.1) is 0 Å². The first-order valence-electron chi connectivity index (χ1n) is 13.6. The zero-order chi connectivity index (χ0) is 27.1. The summed E-state index contributed by atoms with van der Waals surface area (Å²) in [5, 5.41) is 23.1. The second-order valence-electron chi connectivity index (χ2n) is 12.4. The molecule has 1 aromatic rings. The summed E-state index contributed by atoms with van der Waals surface area (Å²) in [7, 11) is -5.76. The highest BCUT2D eigenvalue weighted by molar-refractivity contribution is 7.88. The molecule has 1 aliphatic heterocycles. The number of halogens is 3. The van der Waals surface area contributed by atoms with Crippen molar-refractivity contribution in [3.05, 3.63) is 29.8 Å². The minimum Gasteiger partial charge on any atom is -0.393 e. The Hall–Kier alpha value is -1.40. The molecule has 4 aliphatic carbocycles. The topological polar surface area (TPSA) is 102 Å². The molecule has 0 aromatic heterocycles. The Morgan fingerprint density at radius 2 is 1.68 bits per heavy atom. The van der Waals surface area contributed by atoms with Gasteiger partial charge in [-0.3, -0.25) is 0 Å². The summed E-state index contributed by atoms with van der Waals surface area (Å²) in [5.74, 6) is -0.462. The fraction of sp³-hybridized carbons (Fsp3) is 0.778. The van der Waals surface area contributed by atoms with Gasteiger partial charge >= 0.3 is 15.6 Å². The average molecular weight is 561 g/mol. The maximum Gasteiger partial charge on any atom is 0.534 e. The van der Waals surface area contributed by atoms with Crippen LogP contribution in [-0.4, -0.2) is 54.8 Å². The lowest BCUT2D eigenvalue weighted by Gasteiger charge is -2.62. The second-order valence-corrected chi connectivity index (χ2v) is 13.9. The van der Waals surface area contributed by atoms with Gasteiger partial charge in [0.05, 0.1) is 24.9 Å². The van der Waals surface area contributed by atoms with Crippen LogP contribution in [0, 0.1) is 29.1 Å². The Bertz CT molecular complexity index is 1170. The molecule has 7 nitrogen and oxygen atoms in total. The molecule has 1 saturated heterocycles. The number of ether oxygens (including phenoxy) is 2. The minimum atomic E-state index is -5.76. The highest BCUT2D eigenvalue weighted by Gasteiger charge is 2.64. The van der Waals surface area contributed by atoms with Crippen LogP contribution in [0.3, 0.4) is 0 Å². The summed E-state index contributed by atoms with van der Waals surface area (Å²) in [4.78, 5) is 0. The van der Waals surface area contributed by atoms with Gasteiger partial charge in [-0.05, 0) is 91.2 Å². The van der Waals surface area contributed by atoms with Gasteiger partial charge in [0, 0.05) is 12.8 Å². The smallest absolute Gasteiger partial charge is 0.393 e. The third-order valence-corrected chi connectivity index (χ3v) is 11.6. The molecule has 4 saturated carbocycles. The SMILES string of the molecule is C[C@]12C[C@H](c3ccc(OS(=O)(=O)C(F)(F)F)cc3)[C@H]3[C@@H](CC[C@@]4(O)CC5(CC[C@H]34)OCCO5)[C@@H]1CC[C@@H]2O. The van der Waals surface area contributed by atoms with Crippen molar-refractivity contribution in [1.82, 2.24) is 0 Å². The molecule has 1 heterocycles. The van der Waals surface area contributed by atoms with Gasteiger partial charge in [-0.25, -0.2) is 0 Å². The number of alkyl halides is 3. The van der Waals surface area contributed by atoms with E-state index in [9.17, 15) is 31.8 Å². The predicted octanol–water partition coefficient (Wildman–Crippen LogP) is 4.48. The second kappa shape index (κ2) is 8.80. The molecule has 0 amide bonds. The van der Waals surface area contributed by atoms with E-state index in [1.165, 1.54) is 12.1 Å². The fourth-order valence-corrected chi connectivity index (χ4v) is 9.44. The van der Waals surface area contributed by atoms with Crippen molar-refractivity contribution < 1.29 is 45.5 Å². The summed E-state index contributed by atoms with van der Waals surface area (Å²) >= 11 is 0. The number of hydrogen-bond donors (Lipinski definition) is 2. The van der Waals surface area contributed by atoms with Crippen molar-refractivity contribution in [3.63, 3.8) is 0 Å². The number of rotatable bonds is 3. The van der Waals surface area contributed by atoms with Crippen molar-refractivity contribution >= 4 is 10.1 Å². The van der Waals surface area contributed by atoms with Crippen LogP contribution in [0.5, 0.6) is 5.75 Å². The lowest BCUT2D eigenvalue weighted by atomic mass is 9.45. The molecule has 0 bridgehead atoms. The largest absolute Gasteiger partial charge is 0.534 e. The molecule has 6 rings (SSSR count). The van der Waals surface area contributed by atoms with Gasteiger partial charge in [0.1, 0.15) is 5.75 Å². The van der Waals surface area contributed by atoms with Crippen molar-refractivity contribution in [2.45, 2.75) is 87.2 Å². The lowest BCUT2D eigenvalue weighted by Crippen LogP contribution is -2.61. The fourth-order valence-electron chi connectivity index (χ4n) is 8.98. The molecule has 8 atom stereocenters. The molecule has 0 unspecified atom stereocenters. The molecule has 5 aliphatic rings. The van der Waals surface area contributed by atoms with Crippen molar-refractivity contribution in [2.24, 2.45) is 29.1 Å². The van der Waals surface area contributed by atoms with E-state index in [0.717, 1.165) is 31.2 Å². The molecular formula is C27H35F3O7S. The summed E-state index contributed by atoms with van der Waals surface area (Å²) in [6, 6.07) is 5.79. The van der Waals surface area contributed by atoms with Crippen LogP contribution in [0.1, 0.15) is 69.8 Å². The average Bonchev–Trinajstić information content (AvgIpc) is 3.41. The van der Waals surface area contributed by atoms with Crippen LogP contribution >= 0.6 is 0 Å². The van der Waals surface area contributed by atoms with Gasteiger partial charge in [0.2, 0.25) is 0 Å². The zero-order valence-corrected chi connectivity index (χ0v) is 22.1. The Kier molecular flexibility index (Phi) is 6.21. The summed E-state index contributed by atoms with van der Waals surface area (Å²) in [6.07, 6.45) is 5.25. The van der Waals surface area contributed by atoms with Gasteiger partial charge < -0.3 is 23.9 Å². The first-order chi connectivity index (χ1) is 17.8.